The Morgan fingerprint density at radius 1 is 1.19 bits per heavy atom. The van der Waals surface area contributed by atoms with E-state index in [1.807, 2.05) is 12.1 Å². The van der Waals surface area contributed by atoms with E-state index >= 15 is 0 Å². The molecule has 21 heavy (non-hydrogen) atoms. The summed E-state index contributed by atoms with van der Waals surface area (Å²) in [5.74, 6) is 0.416. The fraction of sp³-hybridized carbons (Fsp3) is 0.389. The summed E-state index contributed by atoms with van der Waals surface area (Å²) in [6, 6.07) is 10.4. The molecule has 1 heterocycles. The predicted octanol–water partition coefficient (Wildman–Crippen LogP) is 4.36. The van der Waals surface area contributed by atoms with Gasteiger partial charge in [-0.05, 0) is 59.9 Å². The van der Waals surface area contributed by atoms with Crippen molar-refractivity contribution in [2.24, 2.45) is 5.92 Å². The maximum absolute atomic E-state index is 12.5. The molecule has 0 saturated heterocycles. The van der Waals surface area contributed by atoms with Gasteiger partial charge in [-0.1, -0.05) is 26.0 Å². The average molecular weight is 299 g/mol. The zero-order valence-corrected chi connectivity index (χ0v) is 13.4. The van der Waals surface area contributed by atoms with Gasteiger partial charge in [-0.25, -0.2) is 0 Å². The fourth-order valence-electron chi connectivity index (χ4n) is 2.97. The third kappa shape index (κ3) is 3.03. The first kappa shape index (κ1) is 14.3. The van der Waals surface area contributed by atoms with Gasteiger partial charge in [0.05, 0.1) is 6.04 Å². The van der Waals surface area contributed by atoms with Crippen LogP contribution in [0.3, 0.4) is 0 Å². The van der Waals surface area contributed by atoms with Gasteiger partial charge in [-0.2, -0.15) is 0 Å². The molecule has 3 heteroatoms. The van der Waals surface area contributed by atoms with Crippen LogP contribution in [0.25, 0.3) is 0 Å². The number of benzene rings is 1. The molecule has 0 radical (unpaired) electrons. The summed E-state index contributed by atoms with van der Waals surface area (Å²) in [4.78, 5) is 13.8. The standard InChI is InChI=1S/C18H21NOS/c1-12(2)17(16-7-4-10-21-16)19-18(20)15-9-8-13-5-3-6-14(13)11-15/h4,7-12,17H,3,5-6H2,1-2H3,(H,19,20)/t17-/m0/s1. The molecule has 2 nitrogen and oxygen atoms in total. The van der Waals surface area contributed by atoms with Crippen LogP contribution >= 0.6 is 11.3 Å². The van der Waals surface area contributed by atoms with Crippen molar-refractivity contribution in [3.8, 4) is 0 Å². The monoisotopic (exact) mass is 299 g/mol. The van der Waals surface area contributed by atoms with Gasteiger partial charge in [0.15, 0.2) is 0 Å². The van der Waals surface area contributed by atoms with Gasteiger partial charge >= 0.3 is 0 Å². The minimum atomic E-state index is 0.0387. The molecule has 1 aliphatic carbocycles. The highest BCUT2D eigenvalue weighted by Crippen LogP contribution is 2.27. The molecule has 2 aromatic rings. The number of thiophene rings is 1. The lowest BCUT2D eigenvalue weighted by Gasteiger charge is -2.21. The van der Waals surface area contributed by atoms with Crippen LogP contribution in [0.5, 0.6) is 0 Å². The van der Waals surface area contributed by atoms with Crippen molar-refractivity contribution in [3.63, 3.8) is 0 Å². The van der Waals surface area contributed by atoms with Gasteiger partial charge in [0, 0.05) is 10.4 Å². The molecular formula is C18H21NOS. The summed E-state index contributed by atoms with van der Waals surface area (Å²) in [5.41, 5.74) is 3.54. The van der Waals surface area contributed by atoms with E-state index in [2.05, 4.69) is 42.7 Å². The van der Waals surface area contributed by atoms with E-state index in [1.54, 1.807) is 11.3 Å². The first-order valence-corrected chi connectivity index (χ1v) is 8.49. The number of hydrogen-bond donors (Lipinski definition) is 1. The van der Waals surface area contributed by atoms with Gasteiger partial charge in [-0.15, -0.1) is 11.3 Å². The van der Waals surface area contributed by atoms with Crippen molar-refractivity contribution < 1.29 is 4.79 Å². The second-order valence-corrected chi connectivity index (χ2v) is 7.03. The fourth-order valence-corrected chi connectivity index (χ4v) is 3.92. The molecule has 0 aliphatic heterocycles. The number of nitrogens with one attached hydrogen (secondary N) is 1. The highest BCUT2D eigenvalue weighted by molar-refractivity contribution is 7.10. The van der Waals surface area contributed by atoms with Crippen LogP contribution in [0.1, 0.15) is 52.7 Å². The van der Waals surface area contributed by atoms with E-state index in [1.165, 1.54) is 22.4 Å². The van der Waals surface area contributed by atoms with Gasteiger partial charge in [0.1, 0.15) is 0 Å². The van der Waals surface area contributed by atoms with E-state index in [4.69, 9.17) is 0 Å². The SMILES string of the molecule is CC(C)[C@H](NC(=O)c1ccc2c(c1)CCC2)c1cccs1. The number of fused-ring (bicyclic) bond motifs is 1. The quantitative estimate of drug-likeness (QED) is 0.892. The van der Waals surface area contributed by atoms with Crippen LogP contribution in [0, 0.1) is 5.92 Å². The number of amides is 1. The molecule has 110 valence electrons. The Kier molecular flexibility index (Phi) is 4.11. The zero-order valence-electron chi connectivity index (χ0n) is 12.6. The highest BCUT2D eigenvalue weighted by Gasteiger charge is 2.21. The summed E-state index contributed by atoms with van der Waals surface area (Å²) in [7, 11) is 0. The van der Waals surface area contributed by atoms with Crippen molar-refractivity contribution in [1.29, 1.82) is 0 Å². The van der Waals surface area contributed by atoms with Gasteiger partial charge in [0.2, 0.25) is 0 Å². The summed E-state index contributed by atoms with van der Waals surface area (Å²) >= 11 is 1.70. The Balaban J connectivity index is 1.78. The van der Waals surface area contributed by atoms with Crippen LogP contribution in [0.2, 0.25) is 0 Å². The molecule has 0 bridgehead atoms. The molecule has 1 N–H and O–H groups in total. The van der Waals surface area contributed by atoms with Crippen molar-refractivity contribution in [2.45, 2.75) is 39.2 Å². The average Bonchev–Trinajstić information content (AvgIpc) is 3.14. The van der Waals surface area contributed by atoms with Crippen LogP contribution in [0.4, 0.5) is 0 Å². The Labute approximate surface area is 130 Å². The summed E-state index contributed by atoms with van der Waals surface area (Å²) < 4.78 is 0. The van der Waals surface area contributed by atoms with Crippen molar-refractivity contribution in [3.05, 3.63) is 57.3 Å². The summed E-state index contributed by atoms with van der Waals surface area (Å²) in [6.07, 6.45) is 3.47. The number of carbonyl (C=O) groups excluding carboxylic acids is 1. The number of carbonyl (C=O) groups is 1. The minimum Gasteiger partial charge on any atom is -0.344 e. The summed E-state index contributed by atoms with van der Waals surface area (Å²) in [6.45, 7) is 4.29. The molecule has 3 rings (SSSR count). The Morgan fingerprint density at radius 2 is 2.00 bits per heavy atom. The lowest BCUT2D eigenvalue weighted by atomic mass is 10.0. The summed E-state index contributed by atoms with van der Waals surface area (Å²) in [5, 5.41) is 5.26. The number of rotatable bonds is 4. The zero-order chi connectivity index (χ0) is 14.8. The molecule has 0 saturated carbocycles. The van der Waals surface area contributed by atoms with Crippen LogP contribution in [0.15, 0.2) is 35.7 Å². The maximum Gasteiger partial charge on any atom is 0.251 e. The normalized spacial score (nSPS) is 15.0. The molecule has 1 aromatic carbocycles. The molecule has 0 unspecified atom stereocenters. The van der Waals surface area contributed by atoms with Gasteiger partial charge in [-0.3, -0.25) is 4.79 Å². The molecule has 0 fully saturated rings. The Morgan fingerprint density at radius 3 is 2.71 bits per heavy atom. The lowest BCUT2D eigenvalue weighted by molar-refractivity contribution is 0.0926. The van der Waals surface area contributed by atoms with E-state index in [0.717, 1.165) is 18.4 Å². The van der Waals surface area contributed by atoms with E-state index in [0.29, 0.717) is 5.92 Å². The van der Waals surface area contributed by atoms with E-state index < -0.39 is 0 Å². The molecule has 1 amide bonds. The molecule has 1 atom stereocenters. The van der Waals surface area contributed by atoms with Crippen LogP contribution < -0.4 is 5.32 Å². The lowest BCUT2D eigenvalue weighted by Crippen LogP contribution is -2.31. The van der Waals surface area contributed by atoms with E-state index in [-0.39, 0.29) is 11.9 Å². The highest BCUT2D eigenvalue weighted by atomic mass is 32.1. The first-order valence-electron chi connectivity index (χ1n) is 7.61. The largest absolute Gasteiger partial charge is 0.344 e. The topological polar surface area (TPSA) is 29.1 Å². The maximum atomic E-state index is 12.5. The minimum absolute atomic E-state index is 0.0387. The second kappa shape index (κ2) is 6.02. The first-order chi connectivity index (χ1) is 10.1. The van der Waals surface area contributed by atoms with Crippen LogP contribution in [-0.2, 0) is 12.8 Å². The van der Waals surface area contributed by atoms with Gasteiger partial charge in [0.25, 0.3) is 5.91 Å². The van der Waals surface area contributed by atoms with E-state index in [9.17, 15) is 4.79 Å². The molecule has 0 spiro atoms. The molecule has 1 aromatic heterocycles. The Hall–Kier alpha value is -1.61. The van der Waals surface area contributed by atoms with Gasteiger partial charge < -0.3 is 5.32 Å². The van der Waals surface area contributed by atoms with Crippen molar-refractivity contribution in [2.75, 3.05) is 0 Å². The molecule has 1 aliphatic rings. The number of hydrogen-bond acceptors (Lipinski definition) is 2. The van der Waals surface area contributed by atoms with Crippen molar-refractivity contribution in [1.82, 2.24) is 5.32 Å². The smallest absolute Gasteiger partial charge is 0.251 e. The third-order valence-corrected chi connectivity index (χ3v) is 5.12. The Bertz CT molecular complexity index is 631. The van der Waals surface area contributed by atoms with Crippen LogP contribution in [-0.4, -0.2) is 5.91 Å². The molecular weight excluding hydrogens is 278 g/mol. The predicted molar refractivity (Wildman–Crippen MR) is 87.8 cm³/mol. The third-order valence-electron chi connectivity index (χ3n) is 4.16. The number of aryl methyl sites for hydroxylation is 2. The second-order valence-electron chi connectivity index (χ2n) is 6.05. The van der Waals surface area contributed by atoms with Crippen molar-refractivity contribution >= 4 is 17.2 Å².